The maximum Gasteiger partial charge on any atom is 0.314 e. The van der Waals surface area contributed by atoms with Crippen molar-refractivity contribution in [1.82, 2.24) is 21.3 Å². The molecule has 0 saturated heterocycles. The summed E-state index contributed by atoms with van der Waals surface area (Å²) in [5, 5.41) is 11.3. The zero-order valence-corrected chi connectivity index (χ0v) is 20.1. The third-order valence-electron chi connectivity index (χ3n) is 5.39. The molecule has 0 bridgehead atoms. The van der Waals surface area contributed by atoms with Gasteiger partial charge in [-0.05, 0) is 25.7 Å². The van der Waals surface area contributed by atoms with Crippen LogP contribution in [0.3, 0.4) is 0 Å². The van der Waals surface area contributed by atoms with Crippen LogP contribution in [-0.4, -0.2) is 44.5 Å². The highest BCUT2D eigenvalue weighted by molar-refractivity contribution is 5.74. The van der Waals surface area contributed by atoms with E-state index in [0.717, 1.165) is 32.0 Å². The highest BCUT2D eigenvalue weighted by Crippen LogP contribution is 2.05. The van der Waals surface area contributed by atoms with Crippen molar-refractivity contribution in [2.45, 2.75) is 104 Å². The molecule has 7 heteroatoms. The third-order valence-corrected chi connectivity index (χ3v) is 5.39. The first-order chi connectivity index (χ1) is 15.1. The van der Waals surface area contributed by atoms with Gasteiger partial charge >= 0.3 is 12.1 Å². The molecular weight excluding hydrogens is 392 g/mol. The Hall–Kier alpha value is -1.79. The first kappa shape index (κ1) is 29.2. The van der Waals surface area contributed by atoms with Crippen molar-refractivity contribution in [2.75, 3.05) is 26.2 Å². The fourth-order valence-corrected chi connectivity index (χ4v) is 3.35. The zero-order chi connectivity index (χ0) is 23.0. The van der Waals surface area contributed by atoms with Gasteiger partial charge in [-0.3, -0.25) is 0 Å². The van der Waals surface area contributed by atoms with Crippen LogP contribution in [-0.2, 0) is 4.79 Å². The second kappa shape index (κ2) is 22.9. The molecule has 0 aliphatic heterocycles. The molecule has 0 radical (unpaired) electrons. The number of rotatable bonds is 21. The van der Waals surface area contributed by atoms with E-state index in [4.69, 9.17) is 0 Å². The van der Waals surface area contributed by atoms with Crippen LogP contribution >= 0.6 is 0 Å². The average Bonchev–Trinajstić information content (AvgIpc) is 2.77. The average molecular weight is 441 g/mol. The second-order valence-electron chi connectivity index (χ2n) is 8.39. The van der Waals surface area contributed by atoms with E-state index in [2.05, 4.69) is 35.1 Å². The standard InChI is InChI=1S/C24H48N4O3/c1-3-5-7-9-11-13-17-25-23(30)27-19-15-16-22(21-29)20-28-24(31)26-18-14-12-10-8-6-4-2/h21-22H,3-20H2,1-2H3,(H2,25,27,30)(H2,26,28,31). The second-order valence-corrected chi connectivity index (χ2v) is 8.39. The van der Waals surface area contributed by atoms with Gasteiger partial charge in [0.05, 0.1) is 0 Å². The number of unbranched alkanes of at least 4 members (excludes halogenated alkanes) is 10. The van der Waals surface area contributed by atoms with Gasteiger partial charge in [-0.2, -0.15) is 0 Å². The molecular formula is C24H48N4O3. The van der Waals surface area contributed by atoms with Gasteiger partial charge in [0.1, 0.15) is 6.29 Å². The summed E-state index contributed by atoms with van der Waals surface area (Å²) < 4.78 is 0. The van der Waals surface area contributed by atoms with E-state index in [1.165, 1.54) is 51.4 Å². The lowest BCUT2D eigenvalue weighted by Gasteiger charge is -2.13. The lowest BCUT2D eigenvalue weighted by Crippen LogP contribution is -2.39. The molecule has 31 heavy (non-hydrogen) atoms. The minimum absolute atomic E-state index is 0.150. The van der Waals surface area contributed by atoms with Gasteiger partial charge < -0.3 is 26.1 Å². The molecule has 0 aromatic carbocycles. The fourth-order valence-electron chi connectivity index (χ4n) is 3.35. The Morgan fingerprint density at radius 3 is 1.52 bits per heavy atom. The minimum atomic E-state index is -0.229. The van der Waals surface area contributed by atoms with E-state index in [-0.39, 0.29) is 18.0 Å². The van der Waals surface area contributed by atoms with Crippen LogP contribution in [0.25, 0.3) is 0 Å². The first-order valence-electron chi connectivity index (χ1n) is 12.6. The molecule has 182 valence electrons. The third kappa shape index (κ3) is 21.2. The lowest BCUT2D eigenvalue weighted by atomic mass is 10.1. The first-order valence-corrected chi connectivity index (χ1v) is 12.6. The van der Waals surface area contributed by atoms with Crippen LogP contribution in [0.4, 0.5) is 9.59 Å². The SMILES string of the molecule is CCCCCCCCNC(=O)NCCCC(C=O)CNC(=O)NCCCCCCCC. The summed E-state index contributed by atoms with van der Waals surface area (Å²) in [4.78, 5) is 34.8. The van der Waals surface area contributed by atoms with Gasteiger partial charge in [-0.1, -0.05) is 78.1 Å². The zero-order valence-electron chi connectivity index (χ0n) is 20.1. The number of aldehydes is 1. The molecule has 4 amide bonds. The largest absolute Gasteiger partial charge is 0.338 e. The maximum absolute atomic E-state index is 11.8. The molecule has 0 aliphatic rings. The van der Waals surface area contributed by atoms with Crippen LogP contribution < -0.4 is 21.3 Å². The van der Waals surface area contributed by atoms with Crippen molar-refractivity contribution in [3.63, 3.8) is 0 Å². The number of urea groups is 2. The van der Waals surface area contributed by atoms with Crippen molar-refractivity contribution in [3.05, 3.63) is 0 Å². The normalized spacial score (nSPS) is 11.5. The van der Waals surface area contributed by atoms with Gasteiger partial charge in [0.25, 0.3) is 0 Å². The quantitative estimate of drug-likeness (QED) is 0.151. The minimum Gasteiger partial charge on any atom is -0.338 e. The Bertz CT molecular complexity index is 447. The van der Waals surface area contributed by atoms with E-state index in [1.807, 2.05) is 0 Å². The maximum atomic E-state index is 11.8. The molecule has 7 nitrogen and oxygen atoms in total. The lowest BCUT2D eigenvalue weighted by molar-refractivity contribution is -0.111. The molecule has 0 saturated carbocycles. The van der Waals surface area contributed by atoms with E-state index in [9.17, 15) is 14.4 Å². The van der Waals surface area contributed by atoms with Gasteiger partial charge in [0, 0.05) is 32.1 Å². The molecule has 0 fully saturated rings. The van der Waals surface area contributed by atoms with E-state index < -0.39 is 0 Å². The monoisotopic (exact) mass is 440 g/mol. The van der Waals surface area contributed by atoms with Gasteiger partial charge in [0.2, 0.25) is 0 Å². The molecule has 1 atom stereocenters. The number of carbonyl (C=O) groups is 3. The van der Waals surface area contributed by atoms with Crippen LogP contribution in [0.2, 0.25) is 0 Å². The molecule has 4 N–H and O–H groups in total. The molecule has 0 heterocycles. The summed E-state index contributed by atoms with van der Waals surface area (Å²) in [5.74, 6) is -0.229. The number of hydrogen-bond donors (Lipinski definition) is 4. The molecule has 0 aromatic rings. The Morgan fingerprint density at radius 2 is 1.03 bits per heavy atom. The van der Waals surface area contributed by atoms with Crippen LogP contribution in [0.15, 0.2) is 0 Å². The smallest absolute Gasteiger partial charge is 0.314 e. The van der Waals surface area contributed by atoms with Crippen molar-refractivity contribution in [3.8, 4) is 0 Å². The van der Waals surface area contributed by atoms with E-state index in [0.29, 0.717) is 39.0 Å². The summed E-state index contributed by atoms with van der Waals surface area (Å²) in [6.45, 7) is 6.62. The van der Waals surface area contributed by atoms with Crippen LogP contribution in [0.5, 0.6) is 0 Å². The Labute approximate surface area is 190 Å². The summed E-state index contributed by atoms with van der Waals surface area (Å²) in [5.41, 5.74) is 0. The Balaban J connectivity index is 3.60. The van der Waals surface area contributed by atoms with Crippen LogP contribution in [0.1, 0.15) is 104 Å². The van der Waals surface area contributed by atoms with E-state index >= 15 is 0 Å². The fraction of sp³-hybridized carbons (Fsp3) is 0.875. The van der Waals surface area contributed by atoms with Crippen molar-refractivity contribution in [1.29, 1.82) is 0 Å². The molecule has 0 spiro atoms. The number of hydrogen-bond acceptors (Lipinski definition) is 3. The van der Waals surface area contributed by atoms with Gasteiger partial charge in [-0.25, -0.2) is 9.59 Å². The molecule has 0 aromatic heterocycles. The topological polar surface area (TPSA) is 99.3 Å². The van der Waals surface area contributed by atoms with Gasteiger partial charge in [-0.15, -0.1) is 0 Å². The predicted molar refractivity (Wildman–Crippen MR) is 128 cm³/mol. The van der Waals surface area contributed by atoms with Crippen LogP contribution in [0, 0.1) is 5.92 Å². The van der Waals surface area contributed by atoms with Crippen molar-refractivity contribution in [2.24, 2.45) is 5.92 Å². The molecule has 0 aliphatic carbocycles. The summed E-state index contributed by atoms with van der Waals surface area (Å²) in [7, 11) is 0. The summed E-state index contributed by atoms with van der Waals surface area (Å²) >= 11 is 0. The van der Waals surface area contributed by atoms with Crippen molar-refractivity contribution < 1.29 is 14.4 Å². The van der Waals surface area contributed by atoms with Gasteiger partial charge in [0.15, 0.2) is 0 Å². The Kier molecular flexibility index (Phi) is 21.6. The molecule has 0 rings (SSSR count). The predicted octanol–water partition coefficient (Wildman–Crippen LogP) is 4.90. The molecule has 1 unspecified atom stereocenters. The summed E-state index contributed by atoms with van der Waals surface area (Å²) in [6.07, 6.45) is 16.5. The summed E-state index contributed by atoms with van der Waals surface area (Å²) in [6, 6.07) is -0.365. The highest BCUT2D eigenvalue weighted by Gasteiger charge is 2.09. The van der Waals surface area contributed by atoms with E-state index in [1.54, 1.807) is 0 Å². The Morgan fingerprint density at radius 1 is 0.613 bits per heavy atom. The number of nitrogens with one attached hydrogen (secondary N) is 4. The highest BCUT2D eigenvalue weighted by atomic mass is 16.2. The number of amides is 4. The van der Waals surface area contributed by atoms with Crippen molar-refractivity contribution >= 4 is 18.3 Å². The number of carbonyl (C=O) groups excluding carboxylic acids is 3.